The van der Waals surface area contributed by atoms with Crippen molar-refractivity contribution in [1.82, 2.24) is 14.9 Å². The van der Waals surface area contributed by atoms with E-state index in [1.54, 1.807) is 13.3 Å². The smallest absolute Gasteiger partial charge is 0.357 e. The van der Waals surface area contributed by atoms with Crippen LogP contribution in [0, 0.1) is 0 Å². The second-order valence-corrected chi connectivity index (χ2v) is 6.57. The van der Waals surface area contributed by atoms with Gasteiger partial charge in [0, 0.05) is 48.6 Å². The summed E-state index contributed by atoms with van der Waals surface area (Å²) >= 11 is 0. The number of esters is 1. The maximum atomic E-state index is 12.7. The number of fused-ring (bicyclic) bond motifs is 3. The van der Waals surface area contributed by atoms with Gasteiger partial charge >= 0.3 is 5.97 Å². The van der Waals surface area contributed by atoms with Crippen LogP contribution < -0.4 is 0 Å². The van der Waals surface area contributed by atoms with Crippen LogP contribution in [-0.2, 0) is 20.8 Å². The molecule has 1 fully saturated rings. The average Bonchev–Trinajstić information content (AvgIpc) is 3.08. The van der Waals surface area contributed by atoms with E-state index in [2.05, 4.69) is 14.9 Å². The molecule has 0 unspecified atom stereocenters. The van der Waals surface area contributed by atoms with Crippen molar-refractivity contribution in [3.63, 3.8) is 0 Å². The standard InChI is InChI=1S/C20H23N3O4/c1-25-13-15-18-14-4-2-3-5-16(14)22-17(18)12-21-19(15)20(24)27-11-8-23-6-9-26-10-7-23/h2-5,12,22H,6-11,13H2,1H3. The fraction of sp³-hybridized carbons (Fsp3) is 0.400. The summed E-state index contributed by atoms with van der Waals surface area (Å²) < 4.78 is 16.2. The Labute approximate surface area is 157 Å². The largest absolute Gasteiger partial charge is 0.460 e. The summed E-state index contributed by atoms with van der Waals surface area (Å²) in [6, 6.07) is 7.99. The minimum absolute atomic E-state index is 0.292. The maximum absolute atomic E-state index is 12.7. The first-order valence-corrected chi connectivity index (χ1v) is 9.12. The number of benzene rings is 1. The molecule has 0 spiro atoms. The summed E-state index contributed by atoms with van der Waals surface area (Å²) in [6.07, 6.45) is 1.69. The van der Waals surface area contributed by atoms with E-state index >= 15 is 0 Å². The van der Waals surface area contributed by atoms with E-state index in [1.165, 1.54) is 0 Å². The lowest BCUT2D eigenvalue weighted by atomic mass is 10.1. The molecule has 3 heterocycles. The number of ether oxygens (including phenoxy) is 3. The van der Waals surface area contributed by atoms with Gasteiger partial charge in [-0.2, -0.15) is 0 Å². The van der Waals surface area contributed by atoms with Crippen molar-refractivity contribution >= 4 is 27.8 Å². The number of carbonyl (C=O) groups excluding carboxylic acids is 1. The molecule has 1 aliphatic heterocycles. The van der Waals surface area contributed by atoms with E-state index in [0.29, 0.717) is 25.5 Å². The maximum Gasteiger partial charge on any atom is 0.357 e. The summed E-state index contributed by atoms with van der Waals surface area (Å²) in [6.45, 7) is 4.51. The Morgan fingerprint density at radius 3 is 2.89 bits per heavy atom. The Kier molecular flexibility index (Phi) is 5.33. The zero-order valence-electron chi connectivity index (χ0n) is 15.4. The van der Waals surface area contributed by atoms with Gasteiger partial charge in [-0.25, -0.2) is 9.78 Å². The lowest BCUT2D eigenvalue weighted by molar-refractivity contribution is 0.0191. The molecule has 7 heteroatoms. The second kappa shape index (κ2) is 8.04. The van der Waals surface area contributed by atoms with Gasteiger partial charge in [0.2, 0.25) is 0 Å². The highest BCUT2D eigenvalue weighted by atomic mass is 16.5. The third-order valence-corrected chi connectivity index (χ3v) is 4.87. The summed E-state index contributed by atoms with van der Waals surface area (Å²) in [5.74, 6) is -0.414. The van der Waals surface area contributed by atoms with Crippen LogP contribution in [0.15, 0.2) is 30.5 Å². The van der Waals surface area contributed by atoms with Crippen molar-refractivity contribution in [3.05, 3.63) is 41.7 Å². The number of morpholine rings is 1. The molecule has 142 valence electrons. The van der Waals surface area contributed by atoms with E-state index in [0.717, 1.165) is 53.7 Å². The Balaban J connectivity index is 1.59. The van der Waals surface area contributed by atoms with Crippen LogP contribution in [0.3, 0.4) is 0 Å². The van der Waals surface area contributed by atoms with Crippen molar-refractivity contribution in [2.75, 3.05) is 46.6 Å². The molecule has 3 aromatic rings. The Morgan fingerprint density at radius 1 is 1.26 bits per heavy atom. The summed E-state index contributed by atoms with van der Waals surface area (Å²) in [5, 5.41) is 2.01. The number of nitrogens with zero attached hydrogens (tertiary/aromatic N) is 2. The molecule has 2 aromatic heterocycles. The Bertz CT molecular complexity index is 947. The molecule has 0 amide bonds. The van der Waals surface area contributed by atoms with Gasteiger partial charge in [0.25, 0.3) is 0 Å². The summed E-state index contributed by atoms with van der Waals surface area (Å²) in [4.78, 5) is 22.6. The molecule has 4 rings (SSSR count). The molecule has 0 bridgehead atoms. The van der Waals surface area contributed by atoms with Gasteiger partial charge in [0.05, 0.1) is 31.5 Å². The molecule has 0 atom stereocenters. The molecule has 1 aliphatic rings. The number of nitrogens with one attached hydrogen (secondary N) is 1. The zero-order chi connectivity index (χ0) is 18.6. The molecule has 0 radical (unpaired) electrons. The van der Waals surface area contributed by atoms with E-state index in [4.69, 9.17) is 14.2 Å². The highest BCUT2D eigenvalue weighted by molar-refractivity contribution is 6.10. The summed E-state index contributed by atoms with van der Waals surface area (Å²) in [5.41, 5.74) is 2.96. The van der Waals surface area contributed by atoms with Crippen LogP contribution >= 0.6 is 0 Å². The van der Waals surface area contributed by atoms with Crippen LogP contribution in [-0.4, -0.2) is 67.4 Å². The van der Waals surface area contributed by atoms with Crippen molar-refractivity contribution in [1.29, 1.82) is 0 Å². The Hall–Kier alpha value is -2.48. The summed E-state index contributed by atoms with van der Waals surface area (Å²) in [7, 11) is 1.61. The van der Waals surface area contributed by atoms with E-state index in [1.807, 2.05) is 24.3 Å². The van der Waals surface area contributed by atoms with Gasteiger partial charge in [-0.3, -0.25) is 4.90 Å². The normalized spacial score (nSPS) is 15.4. The number of H-pyrrole nitrogens is 1. The van der Waals surface area contributed by atoms with Gasteiger partial charge in [-0.15, -0.1) is 0 Å². The van der Waals surface area contributed by atoms with Gasteiger partial charge in [-0.1, -0.05) is 18.2 Å². The lowest BCUT2D eigenvalue weighted by Crippen LogP contribution is -2.38. The van der Waals surface area contributed by atoms with Gasteiger partial charge in [-0.05, 0) is 6.07 Å². The SMILES string of the molecule is COCc1c(C(=O)OCCN2CCOCC2)ncc2[nH]c3ccccc3c12. The predicted molar refractivity (Wildman–Crippen MR) is 102 cm³/mol. The van der Waals surface area contributed by atoms with Gasteiger partial charge in [0.15, 0.2) is 5.69 Å². The third kappa shape index (κ3) is 3.66. The quantitative estimate of drug-likeness (QED) is 0.672. The number of para-hydroxylation sites is 1. The van der Waals surface area contributed by atoms with E-state index in [-0.39, 0.29) is 0 Å². The molecule has 0 saturated carbocycles. The highest BCUT2D eigenvalue weighted by Crippen LogP contribution is 2.30. The molecule has 7 nitrogen and oxygen atoms in total. The number of hydrogen-bond acceptors (Lipinski definition) is 6. The Morgan fingerprint density at radius 2 is 2.07 bits per heavy atom. The first-order chi connectivity index (χ1) is 13.3. The number of carbonyl (C=O) groups is 1. The van der Waals surface area contributed by atoms with Crippen molar-refractivity contribution in [2.45, 2.75) is 6.61 Å². The topological polar surface area (TPSA) is 76.7 Å². The zero-order valence-corrected chi connectivity index (χ0v) is 15.4. The van der Waals surface area contributed by atoms with Crippen LogP contribution in [0.25, 0.3) is 21.8 Å². The monoisotopic (exact) mass is 369 g/mol. The van der Waals surface area contributed by atoms with Crippen molar-refractivity contribution in [2.24, 2.45) is 0 Å². The number of aromatic amines is 1. The fourth-order valence-corrected chi connectivity index (χ4v) is 3.53. The second-order valence-electron chi connectivity index (χ2n) is 6.57. The molecular weight excluding hydrogens is 346 g/mol. The van der Waals surface area contributed by atoms with Crippen LogP contribution in [0.5, 0.6) is 0 Å². The average molecular weight is 369 g/mol. The van der Waals surface area contributed by atoms with E-state index < -0.39 is 5.97 Å². The number of methoxy groups -OCH3 is 1. The molecular formula is C20H23N3O4. The van der Waals surface area contributed by atoms with Crippen molar-refractivity contribution < 1.29 is 19.0 Å². The minimum atomic E-state index is -0.414. The first-order valence-electron chi connectivity index (χ1n) is 9.12. The van der Waals surface area contributed by atoms with Crippen LogP contribution in [0.2, 0.25) is 0 Å². The number of hydrogen-bond donors (Lipinski definition) is 1. The highest BCUT2D eigenvalue weighted by Gasteiger charge is 2.20. The molecule has 27 heavy (non-hydrogen) atoms. The molecule has 0 aliphatic carbocycles. The van der Waals surface area contributed by atoms with Crippen LogP contribution in [0.1, 0.15) is 16.1 Å². The van der Waals surface area contributed by atoms with Gasteiger partial charge < -0.3 is 19.2 Å². The lowest BCUT2D eigenvalue weighted by Gasteiger charge is -2.26. The molecule has 1 N–H and O–H groups in total. The number of rotatable bonds is 6. The van der Waals surface area contributed by atoms with Crippen molar-refractivity contribution in [3.8, 4) is 0 Å². The van der Waals surface area contributed by atoms with E-state index in [9.17, 15) is 4.79 Å². The molecule has 1 aromatic carbocycles. The number of aromatic nitrogens is 2. The predicted octanol–water partition coefficient (Wildman–Crippen LogP) is 2.35. The number of pyridine rings is 1. The fourth-order valence-electron chi connectivity index (χ4n) is 3.53. The van der Waals surface area contributed by atoms with Gasteiger partial charge in [0.1, 0.15) is 6.61 Å². The minimum Gasteiger partial charge on any atom is -0.460 e. The third-order valence-electron chi connectivity index (χ3n) is 4.87. The van der Waals surface area contributed by atoms with Crippen LogP contribution in [0.4, 0.5) is 0 Å². The molecule has 1 saturated heterocycles. The first kappa shape index (κ1) is 17.9.